The summed E-state index contributed by atoms with van der Waals surface area (Å²) in [6, 6.07) is 11.8. The van der Waals surface area contributed by atoms with Crippen LogP contribution in [0.15, 0.2) is 53.3 Å². The normalized spacial score (nSPS) is 10.5. The van der Waals surface area contributed by atoms with Gasteiger partial charge in [-0.15, -0.1) is 0 Å². The van der Waals surface area contributed by atoms with Gasteiger partial charge in [-0.1, -0.05) is 12.1 Å². The molecule has 0 fully saturated rings. The number of anilines is 1. The third kappa shape index (κ3) is 3.81. The molecule has 2 rings (SSSR count). The van der Waals surface area contributed by atoms with E-state index in [2.05, 4.69) is 5.32 Å². The number of carbonyl (C=O) groups excluding carboxylic acids is 1. The van der Waals surface area contributed by atoms with Crippen LogP contribution in [0.3, 0.4) is 0 Å². The molecule has 0 aliphatic carbocycles. The molecule has 0 unspecified atom stereocenters. The van der Waals surface area contributed by atoms with Crippen molar-refractivity contribution in [1.29, 1.82) is 0 Å². The Morgan fingerprint density at radius 3 is 2.50 bits per heavy atom. The summed E-state index contributed by atoms with van der Waals surface area (Å²) < 4.78 is 10.4. The summed E-state index contributed by atoms with van der Waals surface area (Å²) in [6.07, 6.45) is 2.98. The minimum atomic E-state index is -0.370. The molecular formula is C19H19NO4. The predicted molar refractivity (Wildman–Crippen MR) is 95.2 cm³/mol. The number of nitrogens with one attached hydrogen (secondary N) is 1. The van der Waals surface area contributed by atoms with Crippen LogP contribution in [-0.2, 0) is 0 Å². The topological polar surface area (TPSA) is 64.6 Å². The molecule has 0 amide bonds. The lowest BCUT2D eigenvalue weighted by atomic mass is 10.1. The number of benzene rings is 1. The van der Waals surface area contributed by atoms with Crippen LogP contribution in [0.4, 0.5) is 5.69 Å². The van der Waals surface area contributed by atoms with Crippen molar-refractivity contribution in [3.05, 3.63) is 69.9 Å². The molecule has 0 saturated heterocycles. The van der Waals surface area contributed by atoms with E-state index < -0.39 is 0 Å². The van der Waals surface area contributed by atoms with E-state index in [1.165, 1.54) is 12.1 Å². The lowest BCUT2D eigenvalue weighted by molar-refractivity contribution is 0.104. The van der Waals surface area contributed by atoms with Crippen LogP contribution in [0.2, 0.25) is 0 Å². The summed E-state index contributed by atoms with van der Waals surface area (Å²) in [5, 5.41) is 2.79. The summed E-state index contributed by atoms with van der Waals surface area (Å²) in [6.45, 7) is 0. The fourth-order valence-electron chi connectivity index (χ4n) is 2.20. The Morgan fingerprint density at radius 1 is 1.08 bits per heavy atom. The van der Waals surface area contributed by atoms with E-state index in [1.807, 2.05) is 0 Å². The Bertz CT molecular complexity index is 828. The van der Waals surface area contributed by atoms with Crippen LogP contribution in [0.1, 0.15) is 15.9 Å². The van der Waals surface area contributed by atoms with E-state index in [-0.39, 0.29) is 16.8 Å². The highest BCUT2D eigenvalue weighted by molar-refractivity contribution is 6.07. The quantitative estimate of drug-likeness (QED) is 0.653. The maximum atomic E-state index is 12.4. The van der Waals surface area contributed by atoms with E-state index >= 15 is 0 Å². The van der Waals surface area contributed by atoms with Gasteiger partial charge in [0.1, 0.15) is 11.5 Å². The first-order valence-corrected chi connectivity index (χ1v) is 7.36. The number of hydrogen-bond donors (Lipinski definition) is 1. The monoisotopic (exact) mass is 325 g/mol. The highest BCUT2D eigenvalue weighted by Crippen LogP contribution is 2.25. The Kier molecular flexibility index (Phi) is 5.73. The molecule has 0 atom stereocenters. The highest BCUT2D eigenvalue weighted by atomic mass is 16.5. The van der Waals surface area contributed by atoms with E-state index in [0.29, 0.717) is 22.7 Å². The van der Waals surface area contributed by atoms with Gasteiger partial charge < -0.3 is 14.8 Å². The number of allylic oxidation sites excluding steroid dienone is 1. The smallest absolute Gasteiger partial charge is 0.212 e. The molecule has 24 heavy (non-hydrogen) atoms. The highest BCUT2D eigenvalue weighted by Gasteiger charge is 2.09. The number of ketones is 1. The van der Waals surface area contributed by atoms with Crippen LogP contribution < -0.4 is 20.2 Å². The largest absolute Gasteiger partial charge is 0.497 e. The molecule has 2 aromatic carbocycles. The maximum absolute atomic E-state index is 12.4. The standard InChI is InChI=1S/C19H19NO4/c1-20-16-7-5-4-6-15(19(16)22)17(21)11-9-13-8-10-14(23-2)12-18(13)24-3/h4-12H,1-3H3,(H,20,22)/b11-9+. The van der Waals surface area contributed by atoms with Crippen molar-refractivity contribution in [2.24, 2.45) is 0 Å². The maximum Gasteiger partial charge on any atom is 0.212 e. The minimum Gasteiger partial charge on any atom is -0.497 e. The van der Waals surface area contributed by atoms with E-state index in [0.717, 1.165) is 0 Å². The molecule has 0 aliphatic heterocycles. The molecule has 0 spiro atoms. The summed E-state index contributed by atoms with van der Waals surface area (Å²) in [7, 11) is 4.75. The second-order valence-electron chi connectivity index (χ2n) is 4.93. The third-order valence-corrected chi connectivity index (χ3v) is 3.52. The van der Waals surface area contributed by atoms with Gasteiger partial charge in [0.25, 0.3) is 0 Å². The van der Waals surface area contributed by atoms with Crippen molar-refractivity contribution in [2.45, 2.75) is 0 Å². The first kappa shape index (κ1) is 17.3. The van der Waals surface area contributed by atoms with Crippen molar-refractivity contribution in [3.63, 3.8) is 0 Å². The van der Waals surface area contributed by atoms with Gasteiger partial charge in [0.15, 0.2) is 5.78 Å². The van der Waals surface area contributed by atoms with Crippen molar-refractivity contribution < 1.29 is 14.3 Å². The van der Waals surface area contributed by atoms with Crippen LogP contribution >= 0.6 is 0 Å². The van der Waals surface area contributed by atoms with Gasteiger partial charge in [0.05, 0.1) is 25.5 Å². The molecular weight excluding hydrogens is 306 g/mol. The molecule has 2 aromatic rings. The van der Waals surface area contributed by atoms with Crippen LogP contribution in [0.5, 0.6) is 11.5 Å². The number of ether oxygens (including phenoxy) is 2. The Morgan fingerprint density at radius 2 is 1.83 bits per heavy atom. The van der Waals surface area contributed by atoms with Crippen LogP contribution in [0, 0.1) is 0 Å². The summed E-state index contributed by atoms with van der Waals surface area (Å²) in [5.74, 6) is 0.867. The number of carbonyl (C=O) groups is 1. The summed E-state index contributed by atoms with van der Waals surface area (Å²) in [4.78, 5) is 24.7. The SMILES string of the molecule is CNc1ccccc(C(=O)/C=C/c2ccc(OC)cc2OC)c1=O. The molecule has 5 nitrogen and oxygen atoms in total. The fraction of sp³-hybridized carbons (Fsp3) is 0.158. The number of methoxy groups -OCH3 is 2. The zero-order valence-corrected chi connectivity index (χ0v) is 13.8. The average Bonchev–Trinajstić information content (AvgIpc) is 2.80. The van der Waals surface area contributed by atoms with Gasteiger partial charge >= 0.3 is 0 Å². The first-order chi connectivity index (χ1) is 11.6. The lowest BCUT2D eigenvalue weighted by Gasteiger charge is -2.07. The van der Waals surface area contributed by atoms with Gasteiger partial charge in [-0.25, -0.2) is 0 Å². The van der Waals surface area contributed by atoms with Crippen molar-refractivity contribution in [1.82, 2.24) is 0 Å². The predicted octanol–water partition coefficient (Wildman–Crippen LogP) is 3.00. The Hall–Kier alpha value is -3.08. The van der Waals surface area contributed by atoms with Crippen molar-refractivity contribution in [2.75, 3.05) is 26.6 Å². The van der Waals surface area contributed by atoms with E-state index in [4.69, 9.17) is 9.47 Å². The molecule has 0 aliphatic rings. The third-order valence-electron chi connectivity index (χ3n) is 3.52. The number of rotatable bonds is 6. The van der Waals surface area contributed by atoms with Gasteiger partial charge in [-0.2, -0.15) is 0 Å². The second kappa shape index (κ2) is 7.97. The van der Waals surface area contributed by atoms with Gasteiger partial charge in [-0.3, -0.25) is 9.59 Å². The zero-order chi connectivity index (χ0) is 17.5. The molecule has 0 saturated carbocycles. The van der Waals surface area contributed by atoms with E-state index in [9.17, 15) is 9.59 Å². The van der Waals surface area contributed by atoms with Crippen molar-refractivity contribution >= 4 is 17.5 Å². The lowest BCUT2D eigenvalue weighted by Crippen LogP contribution is -2.14. The van der Waals surface area contributed by atoms with Gasteiger partial charge in [-0.05, 0) is 36.4 Å². The zero-order valence-electron chi connectivity index (χ0n) is 13.8. The minimum absolute atomic E-state index is 0.105. The van der Waals surface area contributed by atoms with Crippen LogP contribution in [0.25, 0.3) is 6.08 Å². The number of hydrogen-bond acceptors (Lipinski definition) is 5. The van der Waals surface area contributed by atoms with Crippen LogP contribution in [-0.4, -0.2) is 27.1 Å². The molecule has 5 heteroatoms. The Labute approximate surface area is 140 Å². The molecule has 0 heterocycles. The Balaban J connectivity index is 2.36. The average molecular weight is 325 g/mol. The van der Waals surface area contributed by atoms with Crippen molar-refractivity contribution in [3.8, 4) is 11.5 Å². The second-order valence-corrected chi connectivity index (χ2v) is 4.93. The summed E-state index contributed by atoms with van der Waals surface area (Å²) >= 11 is 0. The summed E-state index contributed by atoms with van der Waals surface area (Å²) in [5.41, 5.74) is 0.860. The molecule has 0 bridgehead atoms. The molecule has 124 valence electrons. The van der Waals surface area contributed by atoms with E-state index in [1.54, 1.807) is 63.7 Å². The van der Waals surface area contributed by atoms with Gasteiger partial charge in [0, 0.05) is 18.7 Å². The van der Waals surface area contributed by atoms with Gasteiger partial charge in [0.2, 0.25) is 5.43 Å². The molecule has 0 radical (unpaired) electrons. The molecule has 0 aromatic heterocycles. The fourth-order valence-corrected chi connectivity index (χ4v) is 2.20. The molecule has 1 N–H and O–H groups in total. The first-order valence-electron chi connectivity index (χ1n) is 7.36.